The van der Waals surface area contributed by atoms with Gasteiger partial charge >= 0.3 is 0 Å². The molecule has 0 unspecified atom stereocenters. The fourth-order valence-corrected chi connectivity index (χ4v) is 2.58. The molecule has 0 radical (unpaired) electrons. The highest BCUT2D eigenvalue weighted by molar-refractivity contribution is 7.99. The smallest absolute Gasteiger partial charge is 0.277 e. The van der Waals surface area contributed by atoms with Crippen LogP contribution in [-0.4, -0.2) is 26.8 Å². The first kappa shape index (κ1) is 16.2. The van der Waals surface area contributed by atoms with Crippen LogP contribution in [0.1, 0.15) is 11.1 Å². The third-order valence-corrected chi connectivity index (χ3v) is 4.25. The molecule has 0 aliphatic rings. The van der Waals surface area contributed by atoms with Crippen LogP contribution >= 0.6 is 11.8 Å². The Kier molecular flexibility index (Phi) is 4.90. The highest BCUT2D eigenvalue weighted by Gasteiger charge is 2.11. The molecular formula is C17H16N4O2S. The average molecular weight is 340 g/mol. The summed E-state index contributed by atoms with van der Waals surface area (Å²) in [5.41, 5.74) is 3.86. The van der Waals surface area contributed by atoms with Crippen molar-refractivity contribution in [3.8, 4) is 11.5 Å². The summed E-state index contributed by atoms with van der Waals surface area (Å²) in [6.45, 7) is 4.05. The number of hydrogen-bond acceptors (Lipinski definition) is 6. The lowest BCUT2D eigenvalue weighted by Gasteiger charge is -2.06. The highest BCUT2D eigenvalue weighted by Crippen LogP contribution is 2.22. The first-order valence-electron chi connectivity index (χ1n) is 7.35. The Morgan fingerprint density at radius 3 is 2.83 bits per heavy atom. The van der Waals surface area contributed by atoms with Crippen LogP contribution in [0.5, 0.6) is 0 Å². The number of thioether (sulfide) groups is 1. The zero-order chi connectivity index (χ0) is 16.9. The molecule has 0 bridgehead atoms. The molecule has 1 aromatic carbocycles. The van der Waals surface area contributed by atoms with Gasteiger partial charge in [-0.05, 0) is 49.2 Å². The second-order valence-corrected chi connectivity index (χ2v) is 6.18. The third-order valence-electron chi connectivity index (χ3n) is 3.43. The molecule has 0 atom stereocenters. The lowest BCUT2D eigenvalue weighted by molar-refractivity contribution is -0.113. The molecule has 0 fully saturated rings. The maximum atomic E-state index is 12.0. The van der Waals surface area contributed by atoms with Gasteiger partial charge in [0.2, 0.25) is 11.8 Å². The van der Waals surface area contributed by atoms with Crippen LogP contribution in [-0.2, 0) is 4.79 Å². The lowest BCUT2D eigenvalue weighted by Crippen LogP contribution is -2.14. The first-order chi connectivity index (χ1) is 11.6. The van der Waals surface area contributed by atoms with Crippen molar-refractivity contribution in [2.75, 3.05) is 11.1 Å². The number of aromatic nitrogens is 3. The SMILES string of the molecule is Cc1ccc(NC(=O)CSc2nnc(-c3cccnc3)o2)cc1C. The van der Waals surface area contributed by atoms with Gasteiger partial charge in [0, 0.05) is 18.1 Å². The van der Waals surface area contributed by atoms with E-state index in [1.807, 2.05) is 38.1 Å². The largest absolute Gasteiger partial charge is 0.411 e. The molecule has 3 aromatic rings. The van der Waals surface area contributed by atoms with Gasteiger partial charge in [0.25, 0.3) is 5.22 Å². The zero-order valence-corrected chi connectivity index (χ0v) is 14.1. The summed E-state index contributed by atoms with van der Waals surface area (Å²) in [4.78, 5) is 16.0. The summed E-state index contributed by atoms with van der Waals surface area (Å²) >= 11 is 1.20. The van der Waals surface area contributed by atoms with E-state index in [2.05, 4.69) is 20.5 Å². The molecule has 6 nitrogen and oxygen atoms in total. The molecule has 7 heteroatoms. The van der Waals surface area contributed by atoms with Crippen LogP contribution in [0.2, 0.25) is 0 Å². The number of anilines is 1. The topological polar surface area (TPSA) is 80.9 Å². The zero-order valence-electron chi connectivity index (χ0n) is 13.3. The molecule has 24 heavy (non-hydrogen) atoms. The summed E-state index contributed by atoms with van der Waals surface area (Å²) in [6, 6.07) is 9.45. The van der Waals surface area contributed by atoms with Gasteiger partial charge in [0.05, 0.1) is 11.3 Å². The van der Waals surface area contributed by atoms with Gasteiger partial charge < -0.3 is 9.73 Å². The minimum Gasteiger partial charge on any atom is -0.411 e. The molecule has 1 amide bonds. The summed E-state index contributed by atoms with van der Waals surface area (Å²) in [6.07, 6.45) is 3.32. The van der Waals surface area contributed by atoms with Crippen molar-refractivity contribution in [2.45, 2.75) is 19.1 Å². The van der Waals surface area contributed by atoms with Crippen molar-refractivity contribution in [3.63, 3.8) is 0 Å². The molecule has 0 spiro atoms. The van der Waals surface area contributed by atoms with Crippen molar-refractivity contribution in [3.05, 3.63) is 53.9 Å². The Morgan fingerprint density at radius 1 is 1.21 bits per heavy atom. The number of hydrogen-bond donors (Lipinski definition) is 1. The van der Waals surface area contributed by atoms with Crippen molar-refractivity contribution in [1.29, 1.82) is 0 Å². The predicted octanol–water partition coefficient (Wildman–Crippen LogP) is 3.48. The number of rotatable bonds is 5. The Balaban J connectivity index is 1.56. The molecule has 2 heterocycles. The van der Waals surface area contributed by atoms with E-state index in [1.54, 1.807) is 18.5 Å². The van der Waals surface area contributed by atoms with Crippen LogP contribution in [0.15, 0.2) is 52.4 Å². The van der Waals surface area contributed by atoms with Crippen LogP contribution in [0, 0.1) is 13.8 Å². The molecule has 1 N–H and O–H groups in total. The molecule has 0 aliphatic carbocycles. The summed E-state index contributed by atoms with van der Waals surface area (Å²) in [7, 11) is 0. The van der Waals surface area contributed by atoms with Crippen molar-refractivity contribution in [2.24, 2.45) is 0 Å². The highest BCUT2D eigenvalue weighted by atomic mass is 32.2. The number of carbonyl (C=O) groups excluding carboxylic acids is 1. The Morgan fingerprint density at radius 2 is 2.08 bits per heavy atom. The molecular weight excluding hydrogens is 324 g/mol. The molecule has 0 aliphatic heterocycles. The van der Waals surface area contributed by atoms with Crippen molar-refractivity contribution in [1.82, 2.24) is 15.2 Å². The van der Waals surface area contributed by atoms with Crippen LogP contribution < -0.4 is 5.32 Å². The van der Waals surface area contributed by atoms with Gasteiger partial charge in [0.1, 0.15) is 0 Å². The molecule has 0 saturated heterocycles. The molecule has 0 saturated carbocycles. The quantitative estimate of drug-likeness (QED) is 0.716. The van der Waals surface area contributed by atoms with Gasteiger partial charge in [-0.25, -0.2) is 0 Å². The molecule has 3 rings (SSSR count). The van der Waals surface area contributed by atoms with Gasteiger partial charge in [-0.15, -0.1) is 10.2 Å². The second kappa shape index (κ2) is 7.27. The van der Waals surface area contributed by atoms with Gasteiger partial charge in [-0.2, -0.15) is 0 Å². The normalized spacial score (nSPS) is 10.6. The number of carbonyl (C=O) groups is 1. The second-order valence-electron chi connectivity index (χ2n) is 5.25. The fourth-order valence-electron chi connectivity index (χ4n) is 2.02. The fraction of sp³-hybridized carbons (Fsp3) is 0.176. The third kappa shape index (κ3) is 3.99. The molecule has 122 valence electrons. The lowest BCUT2D eigenvalue weighted by atomic mass is 10.1. The number of nitrogens with one attached hydrogen (secondary N) is 1. The average Bonchev–Trinajstić information content (AvgIpc) is 3.06. The monoisotopic (exact) mass is 340 g/mol. The van der Waals surface area contributed by atoms with Crippen molar-refractivity contribution >= 4 is 23.4 Å². The van der Waals surface area contributed by atoms with E-state index in [1.165, 1.54) is 17.3 Å². The van der Waals surface area contributed by atoms with Crippen molar-refractivity contribution < 1.29 is 9.21 Å². The Labute approximate surface area is 143 Å². The van der Waals surface area contributed by atoms with E-state index in [9.17, 15) is 4.79 Å². The van der Waals surface area contributed by atoms with Gasteiger partial charge in [-0.1, -0.05) is 17.8 Å². The Hall–Kier alpha value is -2.67. The van der Waals surface area contributed by atoms with Crippen LogP contribution in [0.3, 0.4) is 0 Å². The number of pyridine rings is 1. The minimum absolute atomic E-state index is 0.121. The van der Waals surface area contributed by atoms with E-state index < -0.39 is 0 Å². The number of nitrogens with zero attached hydrogens (tertiary/aromatic N) is 3. The number of aryl methyl sites for hydroxylation is 2. The van der Waals surface area contributed by atoms with E-state index in [4.69, 9.17) is 4.42 Å². The maximum absolute atomic E-state index is 12.0. The minimum atomic E-state index is -0.121. The van der Waals surface area contributed by atoms with E-state index in [0.717, 1.165) is 16.8 Å². The standard InChI is InChI=1S/C17H16N4O2S/c1-11-5-6-14(8-12(11)2)19-15(22)10-24-17-21-20-16(23-17)13-4-3-7-18-9-13/h3-9H,10H2,1-2H3,(H,19,22). The summed E-state index contributed by atoms with van der Waals surface area (Å²) in [5, 5.41) is 11.1. The van der Waals surface area contributed by atoms with E-state index >= 15 is 0 Å². The number of benzene rings is 1. The summed E-state index contributed by atoms with van der Waals surface area (Å²) < 4.78 is 5.53. The van der Waals surface area contributed by atoms with Gasteiger partial charge in [0.15, 0.2) is 0 Å². The molecule has 2 aromatic heterocycles. The van der Waals surface area contributed by atoms with E-state index in [0.29, 0.717) is 11.1 Å². The van der Waals surface area contributed by atoms with Crippen LogP contribution in [0.25, 0.3) is 11.5 Å². The first-order valence-corrected chi connectivity index (χ1v) is 8.34. The van der Waals surface area contributed by atoms with E-state index in [-0.39, 0.29) is 11.7 Å². The summed E-state index contributed by atoms with van der Waals surface area (Å²) in [5.74, 6) is 0.464. The van der Waals surface area contributed by atoms with Crippen LogP contribution in [0.4, 0.5) is 5.69 Å². The Bertz CT molecular complexity index is 849. The predicted molar refractivity (Wildman–Crippen MR) is 92.8 cm³/mol. The van der Waals surface area contributed by atoms with Gasteiger partial charge in [-0.3, -0.25) is 9.78 Å². The maximum Gasteiger partial charge on any atom is 0.277 e. The number of amides is 1.